The number of rotatable bonds is 10. The predicted molar refractivity (Wildman–Crippen MR) is 158 cm³/mol. The number of nitrogens with one attached hydrogen (secondary N) is 2. The summed E-state index contributed by atoms with van der Waals surface area (Å²) in [5, 5.41) is 5.92. The molecule has 0 aliphatic heterocycles. The van der Waals surface area contributed by atoms with Crippen molar-refractivity contribution < 1.29 is 19.1 Å². The van der Waals surface area contributed by atoms with Crippen LogP contribution in [0.3, 0.4) is 0 Å². The zero-order valence-corrected chi connectivity index (χ0v) is 22.9. The number of carbonyl (C=O) groups is 2. The molecule has 0 fully saturated rings. The minimum atomic E-state index is -0.749. The third-order valence-electron chi connectivity index (χ3n) is 7.30. The van der Waals surface area contributed by atoms with E-state index in [1.807, 2.05) is 85.1 Å². The summed E-state index contributed by atoms with van der Waals surface area (Å²) in [6.07, 6.45) is 2.90. The van der Waals surface area contributed by atoms with Crippen molar-refractivity contribution in [3.8, 4) is 11.5 Å². The lowest BCUT2D eigenvalue weighted by Gasteiger charge is -2.25. The molecule has 0 spiro atoms. The van der Waals surface area contributed by atoms with Gasteiger partial charge in [-0.15, -0.1) is 0 Å². The summed E-state index contributed by atoms with van der Waals surface area (Å²) in [6.45, 7) is 0.475. The van der Waals surface area contributed by atoms with Gasteiger partial charge in [0.15, 0.2) is 11.5 Å². The second kappa shape index (κ2) is 11.9. The van der Waals surface area contributed by atoms with Crippen molar-refractivity contribution in [3.63, 3.8) is 0 Å². The molecular formula is C33H33N3O4. The quantitative estimate of drug-likeness (QED) is 0.252. The Hall–Kier alpha value is -4.78. The van der Waals surface area contributed by atoms with Crippen molar-refractivity contribution in [1.29, 1.82) is 0 Å². The second-order valence-corrected chi connectivity index (χ2v) is 9.82. The third kappa shape index (κ3) is 5.64. The first kappa shape index (κ1) is 26.8. The molecule has 40 heavy (non-hydrogen) atoms. The van der Waals surface area contributed by atoms with Crippen LogP contribution in [-0.4, -0.2) is 55.6 Å². The Morgan fingerprint density at radius 2 is 1.60 bits per heavy atom. The van der Waals surface area contributed by atoms with Gasteiger partial charge in [0.2, 0.25) is 5.91 Å². The molecule has 7 nitrogen and oxygen atoms in total. The third-order valence-corrected chi connectivity index (χ3v) is 7.30. The number of aromatic nitrogens is 1. The number of H-pyrrole nitrogens is 1. The minimum Gasteiger partial charge on any atom is -0.493 e. The molecule has 2 amide bonds. The van der Waals surface area contributed by atoms with Gasteiger partial charge in [-0.1, -0.05) is 60.7 Å². The van der Waals surface area contributed by atoms with Gasteiger partial charge >= 0.3 is 0 Å². The van der Waals surface area contributed by atoms with E-state index in [2.05, 4.69) is 10.3 Å². The van der Waals surface area contributed by atoms with E-state index >= 15 is 0 Å². The van der Waals surface area contributed by atoms with Crippen LogP contribution in [0.25, 0.3) is 21.7 Å². The van der Waals surface area contributed by atoms with Crippen molar-refractivity contribution in [2.75, 3.05) is 27.8 Å². The maximum atomic E-state index is 13.8. The Bertz CT molecular complexity index is 1650. The largest absolute Gasteiger partial charge is 0.493 e. The number of aromatic amines is 1. The van der Waals surface area contributed by atoms with Crippen LogP contribution >= 0.6 is 0 Å². The summed E-state index contributed by atoms with van der Waals surface area (Å²) >= 11 is 0. The molecule has 0 saturated heterocycles. The first-order valence-corrected chi connectivity index (χ1v) is 13.3. The van der Waals surface area contributed by atoms with E-state index in [-0.39, 0.29) is 11.8 Å². The lowest BCUT2D eigenvalue weighted by atomic mass is 10.0. The first-order chi connectivity index (χ1) is 19.5. The van der Waals surface area contributed by atoms with Gasteiger partial charge in [-0.2, -0.15) is 0 Å². The summed E-state index contributed by atoms with van der Waals surface area (Å²) in [4.78, 5) is 32.4. The second-order valence-electron chi connectivity index (χ2n) is 9.82. The van der Waals surface area contributed by atoms with Gasteiger partial charge < -0.3 is 24.7 Å². The molecule has 1 heterocycles. The topological polar surface area (TPSA) is 83.7 Å². The van der Waals surface area contributed by atoms with Crippen LogP contribution in [-0.2, 0) is 17.6 Å². The normalized spacial score (nSPS) is 11.8. The maximum absolute atomic E-state index is 13.8. The molecule has 1 unspecified atom stereocenters. The van der Waals surface area contributed by atoms with Crippen molar-refractivity contribution in [2.24, 2.45) is 0 Å². The van der Waals surface area contributed by atoms with Gasteiger partial charge in [0.05, 0.1) is 14.2 Å². The fourth-order valence-electron chi connectivity index (χ4n) is 5.09. The fraction of sp³-hybridized carbons (Fsp3) is 0.212. The molecule has 1 atom stereocenters. The van der Waals surface area contributed by atoms with Crippen LogP contribution in [0.1, 0.15) is 21.5 Å². The Morgan fingerprint density at radius 3 is 2.40 bits per heavy atom. The van der Waals surface area contributed by atoms with Crippen LogP contribution in [0.4, 0.5) is 0 Å². The van der Waals surface area contributed by atoms with E-state index in [1.165, 1.54) is 0 Å². The Kier molecular flexibility index (Phi) is 8.01. The van der Waals surface area contributed by atoms with Crippen molar-refractivity contribution >= 4 is 33.5 Å². The van der Waals surface area contributed by atoms with Crippen molar-refractivity contribution in [1.82, 2.24) is 15.2 Å². The fourth-order valence-corrected chi connectivity index (χ4v) is 5.09. The summed E-state index contributed by atoms with van der Waals surface area (Å²) < 4.78 is 10.8. The number of likely N-dealkylation sites (N-methyl/N-ethyl adjacent to an activating group) is 1. The molecule has 0 aliphatic carbocycles. The molecule has 0 saturated carbocycles. The highest BCUT2D eigenvalue weighted by Crippen LogP contribution is 2.28. The molecule has 0 radical (unpaired) electrons. The smallest absolute Gasteiger partial charge is 0.252 e. The van der Waals surface area contributed by atoms with Gasteiger partial charge in [-0.05, 0) is 52.6 Å². The van der Waals surface area contributed by atoms with E-state index in [9.17, 15) is 9.59 Å². The van der Waals surface area contributed by atoms with Crippen LogP contribution in [0.15, 0.2) is 91.1 Å². The average molecular weight is 536 g/mol. The van der Waals surface area contributed by atoms with E-state index in [0.717, 1.165) is 32.8 Å². The van der Waals surface area contributed by atoms with Crippen LogP contribution in [0, 0.1) is 0 Å². The van der Waals surface area contributed by atoms with E-state index < -0.39 is 6.04 Å². The minimum absolute atomic E-state index is 0.153. The summed E-state index contributed by atoms with van der Waals surface area (Å²) in [7, 11) is 4.98. The van der Waals surface area contributed by atoms with Gasteiger partial charge in [0.25, 0.3) is 5.91 Å². The number of hydrogen-bond acceptors (Lipinski definition) is 4. The van der Waals surface area contributed by atoms with Crippen molar-refractivity contribution in [2.45, 2.75) is 18.9 Å². The lowest BCUT2D eigenvalue weighted by Crippen LogP contribution is -2.49. The number of para-hydroxylation sites is 1. The number of methoxy groups -OCH3 is 2. The Morgan fingerprint density at radius 1 is 0.875 bits per heavy atom. The van der Waals surface area contributed by atoms with E-state index in [0.29, 0.717) is 36.4 Å². The Labute approximate surface area is 233 Å². The highest BCUT2D eigenvalue weighted by molar-refractivity contribution is 6.08. The number of nitrogens with zero attached hydrogens (tertiary/aromatic N) is 1. The molecule has 5 rings (SSSR count). The molecule has 7 heteroatoms. The maximum Gasteiger partial charge on any atom is 0.252 e. The predicted octanol–water partition coefficient (Wildman–Crippen LogP) is 5.38. The van der Waals surface area contributed by atoms with Gasteiger partial charge in [0.1, 0.15) is 6.04 Å². The van der Waals surface area contributed by atoms with Gasteiger partial charge in [-0.3, -0.25) is 9.59 Å². The Balaban J connectivity index is 1.38. The molecular weight excluding hydrogens is 502 g/mol. The number of ether oxygens (including phenoxy) is 2. The molecule has 0 bridgehead atoms. The van der Waals surface area contributed by atoms with Gasteiger partial charge in [0, 0.05) is 42.7 Å². The number of benzene rings is 4. The lowest BCUT2D eigenvalue weighted by molar-refractivity contribution is -0.131. The summed E-state index contributed by atoms with van der Waals surface area (Å²) in [5.74, 6) is 0.877. The highest BCUT2D eigenvalue weighted by Gasteiger charge is 2.26. The highest BCUT2D eigenvalue weighted by atomic mass is 16.5. The van der Waals surface area contributed by atoms with Crippen LogP contribution in [0.2, 0.25) is 0 Å². The number of amides is 2. The first-order valence-electron chi connectivity index (χ1n) is 13.3. The standard InChI is InChI=1S/C33H33N3O4/c1-36(18-17-22-15-16-30(39-2)31(19-22)40-3)33(38)29(20-24-21-34-28-14-7-6-12-26(24)28)35-32(37)27-13-8-10-23-9-4-5-11-25(23)27/h4-16,19,21,29,34H,17-18,20H2,1-3H3,(H,35,37). The number of fused-ring (bicyclic) bond motifs is 2. The molecule has 5 aromatic rings. The van der Waals surface area contributed by atoms with E-state index in [1.54, 1.807) is 32.2 Å². The zero-order chi connectivity index (χ0) is 28.1. The van der Waals surface area contributed by atoms with Crippen LogP contribution in [0.5, 0.6) is 11.5 Å². The molecule has 2 N–H and O–H groups in total. The molecule has 0 aliphatic rings. The zero-order valence-electron chi connectivity index (χ0n) is 22.9. The van der Waals surface area contributed by atoms with Crippen molar-refractivity contribution in [3.05, 3.63) is 108 Å². The number of hydrogen-bond donors (Lipinski definition) is 2. The average Bonchev–Trinajstić information content (AvgIpc) is 3.41. The summed E-state index contributed by atoms with van der Waals surface area (Å²) in [5.41, 5.74) is 3.53. The van der Waals surface area contributed by atoms with Crippen LogP contribution < -0.4 is 14.8 Å². The molecule has 4 aromatic carbocycles. The number of carbonyl (C=O) groups excluding carboxylic acids is 2. The monoisotopic (exact) mass is 535 g/mol. The SMILES string of the molecule is COc1ccc(CCN(C)C(=O)C(Cc2c[nH]c3ccccc23)NC(=O)c2cccc3ccccc23)cc1OC. The molecule has 1 aromatic heterocycles. The van der Waals surface area contributed by atoms with Gasteiger partial charge in [-0.25, -0.2) is 0 Å². The van der Waals surface area contributed by atoms with E-state index in [4.69, 9.17) is 9.47 Å². The molecule has 204 valence electrons. The summed E-state index contributed by atoms with van der Waals surface area (Å²) in [6, 6.07) is 26.4.